The number of rotatable bonds is 3. The van der Waals surface area contributed by atoms with Crippen LogP contribution in [-0.4, -0.2) is 9.97 Å². The Balaban J connectivity index is 2.15. The van der Waals surface area contributed by atoms with Crippen LogP contribution in [0.4, 0.5) is 5.82 Å². The van der Waals surface area contributed by atoms with Crippen molar-refractivity contribution in [1.29, 1.82) is 0 Å². The number of aryl methyl sites for hydroxylation is 2. The lowest BCUT2D eigenvalue weighted by Gasteiger charge is -2.12. The van der Waals surface area contributed by atoms with Crippen LogP contribution in [0.25, 0.3) is 0 Å². The standard InChI is InChI=1S/C12H15N3O/c1-8-7-12(15-10(3)13-8)14-9(2)11-5-4-6-16-11/h4-7,9H,1-3H3,(H,13,14,15). The highest BCUT2D eigenvalue weighted by atomic mass is 16.3. The summed E-state index contributed by atoms with van der Waals surface area (Å²) < 4.78 is 5.32. The van der Waals surface area contributed by atoms with E-state index in [2.05, 4.69) is 15.3 Å². The highest BCUT2D eigenvalue weighted by Crippen LogP contribution is 2.18. The van der Waals surface area contributed by atoms with Gasteiger partial charge in [0.25, 0.3) is 0 Å². The molecule has 0 amide bonds. The Morgan fingerprint density at radius 3 is 2.75 bits per heavy atom. The zero-order valence-corrected chi connectivity index (χ0v) is 9.69. The van der Waals surface area contributed by atoms with Gasteiger partial charge in [-0.2, -0.15) is 0 Å². The minimum atomic E-state index is 0.101. The van der Waals surface area contributed by atoms with Crippen molar-refractivity contribution in [2.75, 3.05) is 5.32 Å². The lowest BCUT2D eigenvalue weighted by atomic mass is 10.2. The van der Waals surface area contributed by atoms with Gasteiger partial charge < -0.3 is 9.73 Å². The molecule has 2 aromatic rings. The van der Waals surface area contributed by atoms with E-state index >= 15 is 0 Å². The van der Waals surface area contributed by atoms with E-state index in [-0.39, 0.29) is 6.04 Å². The van der Waals surface area contributed by atoms with E-state index < -0.39 is 0 Å². The normalized spacial score (nSPS) is 12.4. The number of nitrogens with one attached hydrogen (secondary N) is 1. The smallest absolute Gasteiger partial charge is 0.130 e. The van der Waals surface area contributed by atoms with Crippen LogP contribution in [0.1, 0.15) is 30.2 Å². The first-order chi connectivity index (χ1) is 7.65. The third-order valence-electron chi connectivity index (χ3n) is 2.30. The van der Waals surface area contributed by atoms with Gasteiger partial charge in [-0.25, -0.2) is 9.97 Å². The summed E-state index contributed by atoms with van der Waals surface area (Å²) in [7, 11) is 0. The third kappa shape index (κ3) is 2.39. The van der Waals surface area contributed by atoms with E-state index in [9.17, 15) is 0 Å². The molecule has 0 aromatic carbocycles. The van der Waals surface area contributed by atoms with Crippen molar-refractivity contribution in [3.8, 4) is 0 Å². The zero-order valence-electron chi connectivity index (χ0n) is 9.69. The van der Waals surface area contributed by atoms with Gasteiger partial charge in [-0.05, 0) is 32.9 Å². The second kappa shape index (κ2) is 4.35. The fourth-order valence-corrected chi connectivity index (χ4v) is 1.62. The summed E-state index contributed by atoms with van der Waals surface area (Å²) in [5, 5.41) is 3.28. The van der Waals surface area contributed by atoms with Gasteiger partial charge in [0.1, 0.15) is 17.4 Å². The second-order valence-electron chi connectivity index (χ2n) is 3.82. The predicted molar refractivity (Wildman–Crippen MR) is 62.3 cm³/mol. The average Bonchev–Trinajstić information content (AvgIpc) is 2.68. The fourth-order valence-electron chi connectivity index (χ4n) is 1.62. The van der Waals surface area contributed by atoms with Gasteiger partial charge in [0.05, 0.1) is 12.3 Å². The van der Waals surface area contributed by atoms with Gasteiger partial charge in [-0.3, -0.25) is 0 Å². The van der Waals surface area contributed by atoms with Gasteiger partial charge >= 0.3 is 0 Å². The average molecular weight is 217 g/mol. The fraction of sp³-hybridized carbons (Fsp3) is 0.333. The monoisotopic (exact) mass is 217 g/mol. The number of nitrogens with zero attached hydrogens (tertiary/aromatic N) is 2. The maximum atomic E-state index is 5.32. The molecule has 0 aliphatic carbocycles. The molecule has 16 heavy (non-hydrogen) atoms. The molecule has 0 saturated heterocycles. The molecule has 1 atom stereocenters. The van der Waals surface area contributed by atoms with E-state index in [4.69, 9.17) is 4.42 Å². The third-order valence-corrected chi connectivity index (χ3v) is 2.30. The highest BCUT2D eigenvalue weighted by molar-refractivity contribution is 5.37. The largest absolute Gasteiger partial charge is 0.467 e. The predicted octanol–water partition coefficient (Wildman–Crippen LogP) is 2.86. The molecule has 2 heterocycles. The van der Waals surface area contributed by atoms with Gasteiger partial charge in [-0.1, -0.05) is 0 Å². The summed E-state index contributed by atoms with van der Waals surface area (Å²) in [5.74, 6) is 2.50. The Kier molecular flexibility index (Phi) is 2.90. The molecule has 0 fully saturated rings. The first-order valence-corrected chi connectivity index (χ1v) is 5.27. The van der Waals surface area contributed by atoms with Crippen LogP contribution in [0.15, 0.2) is 28.9 Å². The molecule has 2 rings (SSSR count). The molecule has 0 bridgehead atoms. The van der Waals surface area contributed by atoms with Crippen molar-refractivity contribution in [3.63, 3.8) is 0 Å². The van der Waals surface area contributed by atoms with Crippen molar-refractivity contribution >= 4 is 5.82 Å². The van der Waals surface area contributed by atoms with Crippen molar-refractivity contribution < 1.29 is 4.42 Å². The molecular formula is C12H15N3O. The van der Waals surface area contributed by atoms with Crippen molar-refractivity contribution in [1.82, 2.24) is 9.97 Å². The van der Waals surface area contributed by atoms with Gasteiger partial charge in [0.15, 0.2) is 0 Å². The van der Waals surface area contributed by atoms with Crippen molar-refractivity contribution in [2.45, 2.75) is 26.8 Å². The van der Waals surface area contributed by atoms with Crippen molar-refractivity contribution in [3.05, 3.63) is 41.7 Å². The minimum Gasteiger partial charge on any atom is -0.467 e. The number of hydrogen-bond donors (Lipinski definition) is 1. The molecule has 0 aliphatic rings. The topological polar surface area (TPSA) is 51.0 Å². The molecule has 1 unspecified atom stereocenters. The van der Waals surface area contributed by atoms with Crippen LogP contribution >= 0.6 is 0 Å². The number of aromatic nitrogens is 2. The van der Waals surface area contributed by atoms with E-state index in [0.29, 0.717) is 0 Å². The van der Waals surface area contributed by atoms with Gasteiger partial charge in [0.2, 0.25) is 0 Å². The molecule has 4 heteroatoms. The van der Waals surface area contributed by atoms with Crippen LogP contribution in [0.5, 0.6) is 0 Å². The summed E-state index contributed by atoms with van der Waals surface area (Å²) in [6.07, 6.45) is 1.67. The molecule has 84 valence electrons. The lowest BCUT2D eigenvalue weighted by molar-refractivity contribution is 0.490. The van der Waals surface area contributed by atoms with Crippen LogP contribution < -0.4 is 5.32 Å². The minimum absolute atomic E-state index is 0.101. The Labute approximate surface area is 94.7 Å². The number of hydrogen-bond acceptors (Lipinski definition) is 4. The Hall–Kier alpha value is -1.84. The highest BCUT2D eigenvalue weighted by Gasteiger charge is 2.09. The molecule has 0 aliphatic heterocycles. The Bertz CT molecular complexity index is 445. The first-order valence-electron chi connectivity index (χ1n) is 5.27. The SMILES string of the molecule is Cc1cc(NC(C)c2ccco2)nc(C)n1. The quantitative estimate of drug-likeness (QED) is 0.858. The Morgan fingerprint density at radius 2 is 2.12 bits per heavy atom. The van der Waals surface area contributed by atoms with Crippen LogP contribution in [-0.2, 0) is 0 Å². The maximum absolute atomic E-state index is 5.32. The molecular weight excluding hydrogens is 202 g/mol. The van der Waals surface area contributed by atoms with E-state index in [1.54, 1.807) is 6.26 Å². The molecule has 4 nitrogen and oxygen atoms in total. The van der Waals surface area contributed by atoms with Crippen LogP contribution in [0.2, 0.25) is 0 Å². The Morgan fingerprint density at radius 1 is 1.31 bits per heavy atom. The molecule has 1 N–H and O–H groups in total. The summed E-state index contributed by atoms with van der Waals surface area (Å²) in [4.78, 5) is 8.55. The molecule has 2 aromatic heterocycles. The summed E-state index contributed by atoms with van der Waals surface area (Å²) in [6, 6.07) is 5.85. The summed E-state index contributed by atoms with van der Waals surface area (Å²) in [6.45, 7) is 5.87. The second-order valence-corrected chi connectivity index (χ2v) is 3.82. The van der Waals surface area contributed by atoms with Gasteiger partial charge in [-0.15, -0.1) is 0 Å². The zero-order chi connectivity index (χ0) is 11.5. The van der Waals surface area contributed by atoms with E-state index in [1.165, 1.54) is 0 Å². The first kappa shape index (κ1) is 10.7. The molecule has 0 saturated carbocycles. The number of furan rings is 1. The van der Waals surface area contributed by atoms with Gasteiger partial charge in [0, 0.05) is 11.8 Å². The number of anilines is 1. The molecule has 0 spiro atoms. The van der Waals surface area contributed by atoms with Crippen LogP contribution in [0, 0.1) is 13.8 Å². The summed E-state index contributed by atoms with van der Waals surface area (Å²) >= 11 is 0. The van der Waals surface area contributed by atoms with Crippen molar-refractivity contribution in [2.24, 2.45) is 0 Å². The maximum Gasteiger partial charge on any atom is 0.130 e. The lowest BCUT2D eigenvalue weighted by Crippen LogP contribution is -2.08. The van der Waals surface area contributed by atoms with E-state index in [0.717, 1.165) is 23.1 Å². The van der Waals surface area contributed by atoms with E-state index in [1.807, 2.05) is 39.0 Å². The molecule has 0 radical (unpaired) electrons. The summed E-state index contributed by atoms with van der Waals surface area (Å²) in [5.41, 5.74) is 0.960. The van der Waals surface area contributed by atoms with Crippen LogP contribution in [0.3, 0.4) is 0 Å².